The van der Waals surface area contributed by atoms with Crippen LogP contribution in [0.2, 0.25) is 0 Å². The molecule has 5 nitrogen and oxygen atoms in total. The summed E-state index contributed by atoms with van der Waals surface area (Å²) in [7, 11) is 1.39. The Bertz CT molecular complexity index is 466. The second-order valence-electron chi connectivity index (χ2n) is 4.63. The highest BCUT2D eigenvalue weighted by Gasteiger charge is 2.09. The molecule has 1 aromatic carbocycles. The van der Waals surface area contributed by atoms with Gasteiger partial charge in [-0.2, -0.15) is 0 Å². The van der Waals surface area contributed by atoms with Crippen LogP contribution >= 0.6 is 0 Å². The molecule has 0 aromatic heterocycles. The molecule has 1 rings (SSSR count). The van der Waals surface area contributed by atoms with Crippen LogP contribution in [0, 0.1) is 5.82 Å². The minimum atomic E-state index is -0.509. The smallest absolute Gasteiger partial charge is 0.221 e. The van der Waals surface area contributed by atoms with E-state index < -0.39 is 5.82 Å². The molecule has 0 aliphatic carbocycles. The van der Waals surface area contributed by atoms with Gasteiger partial charge >= 0.3 is 0 Å². The standard InChI is InChI=1S/C14H22FN3O2/c1-4-9(2)18-14(19)5-6-17-12-8-13(20-3)10(15)7-11(12)16/h7-9,17H,4-6,16H2,1-3H3,(H,18,19). The Morgan fingerprint density at radius 3 is 2.80 bits per heavy atom. The lowest BCUT2D eigenvalue weighted by molar-refractivity contribution is -0.121. The van der Waals surface area contributed by atoms with Gasteiger partial charge in [0.15, 0.2) is 11.6 Å². The molecule has 4 N–H and O–H groups in total. The van der Waals surface area contributed by atoms with Gasteiger partial charge in [0.25, 0.3) is 0 Å². The Labute approximate surface area is 118 Å². The Kier molecular flexibility index (Phi) is 6.09. The fourth-order valence-electron chi connectivity index (χ4n) is 1.64. The monoisotopic (exact) mass is 283 g/mol. The molecule has 0 heterocycles. The minimum absolute atomic E-state index is 0.0282. The lowest BCUT2D eigenvalue weighted by Gasteiger charge is -2.13. The van der Waals surface area contributed by atoms with E-state index in [0.29, 0.717) is 18.7 Å². The average Bonchev–Trinajstić information content (AvgIpc) is 2.41. The number of methoxy groups -OCH3 is 1. The molecule has 1 unspecified atom stereocenters. The minimum Gasteiger partial charge on any atom is -0.494 e. The quantitative estimate of drug-likeness (QED) is 0.670. The first-order valence-electron chi connectivity index (χ1n) is 6.64. The van der Waals surface area contributed by atoms with Gasteiger partial charge in [-0.1, -0.05) is 6.92 Å². The first kappa shape index (κ1) is 16.1. The third-order valence-electron chi connectivity index (χ3n) is 3.01. The summed E-state index contributed by atoms with van der Waals surface area (Å²) in [5.41, 5.74) is 6.54. The molecule has 0 bridgehead atoms. The summed E-state index contributed by atoms with van der Waals surface area (Å²) in [5, 5.41) is 5.87. The largest absolute Gasteiger partial charge is 0.494 e. The SMILES string of the molecule is CCC(C)NC(=O)CCNc1cc(OC)c(F)cc1N. The molecule has 20 heavy (non-hydrogen) atoms. The van der Waals surface area contributed by atoms with Crippen molar-refractivity contribution >= 4 is 17.3 Å². The Hall–Kier alpha value is -1.98. The van der Waals surface area contributed by atoms with Crippen molar-refractivity contribution in [2.75, 3.05) is 24.7 Å². The molecule has 0 saturated carbocycles. The molecule has 0 aliphatic heterocycles. The summed E-state index contributed by atoms with van der Waals surface area (Å²) in [6.45, 7) is 4.38. The molecule has 0 radical (unpaired) electrons. The van der Waals surface area contributed by atoms with Crippen LogP contribution < -0.4 is 21.1 Å². The average molecular weight is 283 g/mol. The van der Waals surface area contributed by atoms with E-state index in [9.17, 15) is 9.18 Å². The highest BCUT2D eigenvalue weighted by atomic mass is 19.1. The first-order valence-corrected chi connectivity index (χ1v) is 6.64. The summed E-state index contributed by atoms with van der Waals surface area (Å²) in [4.78, 5) is 11.6. The van der Waals surface area contributed by atoms with Gasteiger partial charge in [-0.15, -0.1) is 0 Å². The van der Waals surface area contributed by atoms with Crippen molar-refractivity contribution in [2.45, 2.75) is 32.7 Å². The van der Waals surface area contributed by atoms with E-state index in [4.69, 9.17) is 10.5 Å². The Morgan fingerprint density at radius 1 is 1.50 bits per heavy atom. The number of carbonyl (C=O) groups is 1. The van der Waals surface area contributed by atoms with Gasteiger partial charge in [0, 0.05) is 31.1 Å². The van der Waals surface area contributed by atoms with Gasteiger partial charge < -0.3 is 21.1 Å². The van der Waals surface area contributed by atoms with E-state index in [-0.39, 0.29) is 23.4 Å². The second kappa shape index (κ2) is 7.57. The Morgan fingerprint density at radius 2 is 2.20 bits per heavy atom. The maximum Gasteiger partial charge on any atom is 0.221 e. The summed E-state index contributed by atoms with van der Waals surface area (Å²) in [5.74, 6) is -0.421. The van der Waals surface area contributed by atoms with Crippen LogP contribution in [-0.2, 0) is 4.79 Å². The van der Waals surface area contributed by atoms with E-state index in [1.54, 1.807) is 0 Å². The van der Waals surface area contributed by atoms with E-state index in [1.165, 1.54) is 19.2 Å². The van der Waals surface area contributed by atoms with Crippen LogP contribution in [0.3, 0.4) is 0 Å². The van der Waals surface area contributed by atoms with Crippen LogP contribution in [0.25, 0.3) is 0 Å². The van der Waals surface area contributed by atoms with Crippen LogP contribution in [0.15, 0.2) is 12.1 Å². The van der Waals surface area contributed by atoms with E-state index in [2.05, 4.69) is 10.6 Å². The topological polar surface area (TPSA) is 76.4 Å². The zero-order chi connectivity index (χ0) is 15.1. The fraction of sp³-hybridized carbons (Fsp3) is 0.500. The van der Waals surface area contributed by atoms with Crippen LogP contribution in [0.4, 0.5) is 15.8 Å². The lowest BCUT2D eigenvalue weighted by Crippen LogP contribution is -2.33. The number of nitrogens with two attached hydrogens (primary N) is 1. The molecule has 0 spiro atoms. The maximum atomic E-state index is 13.4. The number of nitrogens with one attached hydrogen (secondary N) is 2. The van der Waals surface area contributed by atoms with Crippen molar-refractivity contribution in [3.05, 3.63) is 17.9 Å². The highest BCUT2D eigenvalue weighted by molar-refractivity contribution is 5.77. The molecule has 0 fully saturated rings. The van der Waals surface area contributed by atoms with Gasteiger partial charge in [0.2, 0.25) is 5.91 Å². The van der Waals surface area contributed by atoms with Gasteiger partial charge in [-0.25, -0.2) is 4.39 Å². The lowest BCUT2D eigenvalue weighted by atomic mass is 10.2. The summed E-state index contributed by atoms with van der Waals surface area (Å²) in [6.07, 6.45) is 1.21. The number of hydrogen-bond donors (Lipinski definition) is 3. The number of carbonyl (C=O) groups excluding carboxylic acids is 1. The summed E-state index contributed by atoms with van der Waals surface area (Å²) >= 11 is 0. The van der Waals surface area contributed by atoms with Crippen molar-refractivity contribution in [3.63, 3.8) is 0 Å². The fourth-order valence-corrected chi connectivity index (χ4v) is 1.64. The number of nitrogen functional groups attached to an aromatic ring is 1. The summed E-state index contributed by atoms with van der Waals surface area (Å²) < 4.78 is 18.3. The molecule has 1 atom stereocenters. The highest BCUT2D eigenvalue weighted by Crippen LogP contribution is 2.27. The van der Waals surface area contributed by atoms with Gasteiger partial charge in [0.1, 0.15) is 0 Å². The normalized spacial score (nSPS) is 11.8. The molecule has 1 amide bonds. The Balaban J connectivity index is 2.52. The number of anilines is 2. The molecular weight excluding hydrogens is 261 g/mol. The van der Waals surface area contributed by atoms with Crippen molar-refractivity contribution in [3.8, 4) is 5.75 Å². The van der Waals surface area contributed by atoms with Crippen molar-refractivity contribution in [2.24, 2.45) is 0 Å². The van der Waals surface area contributed by atoms with Crippen LogP contribution in [-0.4, -0.2) is 25.6 Å². The summed E-state index contributed by atoms with van der Waals surface area (Å²) in [6, 6.07) is 2.84. The van der Waals surface area contributed by atoms with Gasteiger partial charge in [-0.3, -0.25) is 4.79 Å². The zero-order valence-electron chi connectivity index (χ0n) is 12.1. The van der Waals surface area contributed by atoms with Crippen LogP contribution in [0.5, 0.6) is 5.75 Å². The molecule has 6 heteroatoms. The number of rotatable bonds is 7. The third-order valence-corrected chi connectivity index (χ3v) is 3.01. The zero-order valence-corrected chi connectivity index (χ0v) is 12.1. The van der Waals surface area contributed by atoms with Crippen molar-refractivity contribution < 1.29 is 13.9 Å². The van der Waals surface area contributed by atoms with Gasteiger partial charge in [0.05, 0.1) is 18.5 Å². The van der Waals surface area contributed by atoms with E-state index in [0.717, 1.165) is 6.42 Å². The van der Waals surface area contributed by atoms with E-state index in [1.807, 2.05) is 13.8 Å². The van der Waals surface area contributed by atoms with Crippen molar-refractivity contribution in [1.29, 1.82) is 0 Å². The number of benzene rings is 1. The second-order valence-corrected chi connectivity index (χ2v) is 4.63. The molecule has 1 aromatic rings. The number of amides is 1. The van der Waals surface area contributed by atoms with Gasteiger partial charge in [-0.05, 0) is 13.3 Å². The molecule has 0 aliphatic rings. The molecule has 112 valence electrons. The number of halogens is 1. The number of hydrogen-bond acceptors (Lipinski definition) is 4. The third kappa shape index (κ3) is 4.60. The first-order chi connectivity index (χ1) is 9.47. The predicted molar refractivity (Wildman–Crippen MR) is 78.4 cm³/mol. The number of ether oxygens (including phenoxy) is 1. The molecule has 0 saturated heterocycles. The predicted octanol–water partition coefficient (Wildman–Crippen LogP) is 2.13. The maximum absolute atomic E-state index is 13.4. The van der Waals surface area contributed by atoms with Crippen molar-refractivity contribution in [1.82, 2.24) is 5.32 Å². The van der Waals surface area contributed by atoms with E-state index >= 15 is 0 Å². The molecular formula is C14H22FN3O2. The van der Waals surface area contributed by atoms with Crippen LogP contribution in [0.1, 0.15) is 26.7 Å².